The van der Waals surface area contributed by atoms with E-state index < -0.39 is 14.9 Å². The Labute approximate surface area is 194 Å². The summed E-state index contributed by atoms with van der Waals surface area (Å²) in [4.78, 5) is 12.9. The first-order valence-corrected chi connectivity index (χ1v) is 12.5. The van der Waals surface area contributed by atoms with Gasteiger partial charge in [-0.05, 0) is 37.8 Å². The first-order valence-electron chi connectivity index (χ1n) is 11.1. The fourth-order valence-corrected chi connectivity index (χ4v) is 6.19. The highest BCUT2D eigenvalue weighted by molar-refractivity contribution is 7.89. The first-order chi connectivity index (χ1) is 15.8. The molecule has 33 heavy (non-hydrogen) atoms. The zero-order valence-electron chi connectivity index (χ0n) is 18.8. The molecule has 4 rings (SSSR count). The lowest BCUT2D eigenvalue weighted by Crippen LogP contribution is -2.50. The third-order valence-corrected chi connectivity index (χ3v) is 8.28. The summed E-state index contributed by atoms with van der Waals surface area (Å²) in [5.74, 6) is 1.45. The standard InChI is InChI=1S/C23H29N3O6S/c1-31-20-12-9-17(22(14-20)32-2)15-25(18-10-11-18)19-6-5-13-24(16-19)33(29,30)23-8-4-3-7-21(23)26(27)28/h3-4,7-9,12,14,18-19H,5-6,10-11,13,15-16H2,1-2H3. The Morgan fingerprint density at radius 1 is 1.09 bits per heavy atom. The molecule has 2 fully saturated rings. The van der Waals surface area contributed by atoms with E-state index in [1.165, 1.54) is 28.6 Å². The van der Waals surface area contributed by atoms with Gasteiger partial charge in [-0.15, -0.1) is 0 Å². The van der Waals surface area contributed by atoms with Crippen molar-refractivity contribution in [2.75, 3.05) is 27.3 Å². The van der Waals surface area contributed by atoms with Crippen molar-refractivity contribution in [3.05, 3.63) is 58.1 Å². The van der Waals surface area contributed by atoms with Gasteiger partial charge in [-0.25, -0.2) is 8.42 Å². The Kier molecular flexibility index (Phi) is 6.87. The zero-order valence-corrected chi connectivity index (χ0v) is 19.7. The summed E-state index contributed by atoms with van der Waals surface area (Å²) < 4.78 is 39.0. The fraction of sp³-hybridized carbons (Fsp3) is 0.478. The molecular formula is C23H29N3O6S. The maximum Gasteiger partial charge on any atom is 0.289 e. The highest BCUT2D eigenvalue weighted by Gasteiger charge is 2.40. The molecule has 1 aliphatic carbocycles. The molecule has 0 spiro atoms. The van der Waals surface area contributed by atoms with Gasteiger partial charge in [0.15, 0.2) is 4.90 Å². The number of nitrogens with zero attached hydrogens (tertiary/aromatic N) is 3. The Morgan fingerprint density at radius 3 is 2.52 bits per heavy atom. The quantitative estimate of drug-likeness (QED) is 0.404. The van der Waals surface area contributed by atoms with Gasteiger partial charge in [0.1, 0.15) is 11.5 Å². The number of rotatable bonds is 9. The van der Waals surface area contributed by atoms with E-state index in [2.05, 4.69) is 4.90 Å². The van der Waals surface area contributed by atoms with Gasteiger partial charge in [0.25, 0.3) is 5.69 Å². The molecule has 0 amide bonds. The largest absolute Gasteiger partial charge is 0.497 e. The summed E-state index contributed by atoms with van der Waals surface area (Å²) in [6.07, 6.45) is 3.73. The number of methoxy groups -OCH3 is 2. The molecular weight excluding hydrogens is 446 g/mol. The van der Waals surface area contributed by atoms with Gasteiger partial charge in [0.2, 0.25) is 10.0 Å². The number of hydrogen-bond acceptors (Lipinski definition) is 7. The number of ether oxygens (including phenoxy) is 2. The van der Waals surface area contributed by atoms with E-state index in [1.54, 1.807) is 14.2 Å². The molecule has 10 heteroatoms. The van der Waals surface area contributed by atoms with Gasteiger partial charge in [0.05, 0.1) is 19.1 Å². The summed E-state index contributed by atoms with van der Waals surface area (Å²) in [6, 6.07) is 11.7. The van der Waals surface area contributed by atoms with Crippen molar-refractivity contribution in [2.24, 2.45) is 0 Å². The summed E-state index contributed by atoms with van der Waals surface area (Å²) in [5, 5.41) is 11.4. The van der Waals surface area contributed by atoms with Crippen LogP contribution in [0.2, 0.25) is 0 Å². The average molecular weight is 476 g/mol. The number of hydrogen-bond donors (Lipinski definition) is 0. The number of nitro benzene ring substituents is 1. The third kappa shape index (κ3) is 4.97. The van der Waals surface area contributed by atoms with Gasteiger partial charge in [-0.3, -0.25) is 15.0 Å². The SMILES string of the molecule is COc1ccc(CN(C2CC2)C2CCCN(S(=O)(=O)c3ccccc3[N+](=O)[O-])C2)c(OC)c1. The van der Waals surface area contributed by atoms with Crippen LogP contribution in [0.1, 0.15) is 31.2 Å². The average Bonchev–Trinajstić information content (AvgIpc) is 3.68. The monoisotopic (exact) mass is 475 g/mol. The number of para-hydroxylation sites is 1. The topological polar surface area (TPSA) is 102 Å². The van der Waals surface area contributed by atoms with Gasteiger partial charge in [0, 0.05) is 49.4 Å². The molecule has 9 nitrogen and oxygen atoms in total. The minimum atomic E-state index is -3.98. The lowest BCUT2D eigenvalue weighted by molar-refractivity contribution is -0.387. The van der Waals surface area contributed by atoms with Gasteiger partial charge in [-0.2, -0.15) is 4.31 Å². The number of benzene rings is 2. The molecule has 0 radical (unpaired) electrons. The van der Waals surface area contributed by atoms with Crippen LogP contribution in [0.15, 0.2) is 47.4 Å². The van der Waals surface area contributed by atoms with E-state index in [0.717, 1.165) is 30.6 Å². The zero-order chi connectivity index (χ0) is 23.6. The van der Waals surface area contributed by atoms with Crippen LogP contribution in [0.4, 0.5) is 5.69 Å². The normalized spacial score (nSPS) is 19.4. The highest BCUT2D eigenvalue weighted by Crippen LogP contribution is 2.36. The van der Waals surface area contributed by atoms with Crippen LogP contribution >= 0.6 is 0 Å². The lowest BCUT2D eigenvalue weighted by Gasteiger charge is -2.39. The molecule has 0 aromatic heterocycles. The molecule has 0 N–H and O–H groups in total. The van der Waals surface area contributed by atoms with Gasteiger partial charge >= 0.3 is 0 Å². The van der Waals surface area contributed by atoms with Crippen LogP contribution in [-0.4, -0.2) is 61.9 Å². The number of piperidine rings is 1. The second kappa shape index (κ2) is 9.66. The maximum absolute atomic E-state index is 13.4. The predicted molar refractivity (Wildman–Crippen MR) is 123 cm³/mol. The molecule has 1 saturated carbocycles. The van der Waals surface area contributed by atoms with E-state index in [4.69, 9.17) is 9.47 Å². The Balaban J connectivity index is 1.57. The molecule has 1 atom stereocenters. The maximum atomic E-state index is 13.4. The van der Waals surface area contributed by atoms with Crippen LogP contribution in [0, 0.1) is 10.1 Å². The number of sulfonamides is 1. The van der Waals surface area contributed by atoms with Crippen molar-refractivity contribution in [3.8, 4) is 11.5 Å². The predicted octanol–water partition coefficient (Wildman–Crippen LogP) is 3.43. The van der Waals surface area contributed by atoms with Crippen molar-refractivity contribution < 1.29 is 22.8 Å². The van der Waals surface area contributed by atoms with Gasteiger partial charge in [-0.1, -0.05) is 18.2 Å². The molecule has 1 unspecified atom stereocenters. The second-order valence-electron chi connectivity index (χ2n) is 8.47. The van der Waals surface area contributed by atoms with E-state index in [0.29, 0.717) is 37.8 Å². The van der Waals surface area contributed by atoms with E-state index in [1.807, 2.05) is 18.2 Å². The van der Waals surface area contributed by atoms with Crippen LogP contribution in [-0.2, 0) is 16.6 Å². The van der Waals surface area contributed by atoms with Gasteiger partial charge < -0.3 is 9.47 Å². The van der Waals surface area contributed by atoms with Crippen molar-refractivity contribution in [1.29, 1.82) is 0 Å². The van der Waals surface area contributed by atoms with Crippen molar-refractivity contribution in [3.63, 3.8) is 0 Å². The minimum Gasteiger partial charge on any atom is -0.497 e. The molecule has 2 aromatic rings. The van der Waals surface area contributed by atoms with Crippen LogP contribution < -0.4 is 9.47 Å². The molecule has 1 saturated heterocycles. The van der Waals surface area contributed by atoms with Crippen LogP contribution in [0.5, 0.6) is 11.5 Å². The van der Waals surface area contributed by atoms with Crippen molar-refractivity contribution in [1.82, 2.24) is 9.21 Å². The Bertz CT molecular complexity index is 1120. The van der Waals surface area contributed by atoms with E-state index in [9.17, 15) is 18.5 Å². The van der Waals surface area contributed by atoms with E-state index >= 15 is 0 Å². The molecule has 0 bridgehead atoms. The van der Waals surface area contributed by atoms with Crippen LogP contribution in [0.25, 0.3) is 0 Å². The fourth-order valence-electron chi connectivity index (χ4n) is 4.52. The smallest absolute Gasteiger partial charge is 0.289 e. The Hall–Kier alpha value is -2.69. The third-order valence-electron chi connectivity index (χ3n) is 6.37. The second-order valence-corrected chi connectivity index (χ2v) is 10.4. The van der Waals surface area contributed by atoms with Crippen LogP contribution in [0.3, 0.4) is 0 Å². The summed E-state index contributed by atoms with van der Waals surface area (Å²) in [5.41, 5.74) is 0.630. The number of nitro groups is 1. The first kappa shape index (κ1) is 23.5. The molecule has 178 valence electrons. The minimum absolute atomic E-state index is 0.0237. The summed E-state index contributed by atoms with van der Waals surface area (Å²) in [7, 11) is -0.744. The Morgan fingerprint density at radius 2 is 1.85 bits per heavy atom. The van der Waals surface area contributed by atoms with E-state index in [-0.39, 0.29) is 16.6 Å². The summed E-state index contributed by atoms with van der Waals surface area (Å²) in [6.45, 7) is 1.31. The van der Waals surface area contributed by atoms with Crippen molar-refractivity contribution >= 4 is 15.7 Å². The molecule has 1 heterocycles. The molecule has 2 aliphatic rings. The molecule has 1 aliphatic heterocycles. The summed E-state index contributed by atoms with van der Waals surface area (Å²) >= 11 is 0. The molecule has 2 aromatic carbocycles. The van der Waals surface area contributed by atoms with Crippen molar-refractivity contribution in [2.45, 2.75) is 49.2 Å². The lowest BCUT2D eigenvalue weighted by atomic mass is 10.0. The highest BCUT2D eigenvalue weighted by atomic mass is 32.2.